The fourth-order valence-electron chi connectivity index (χ4n) is 2.88. The van der Waals surface area contributed by atoms with E-state index in [0.29, 0.717) is 17.2 Å². The smallest absolute Gasteiger partial charge is 0.283 e. The molecule has 0 radical (unpaired) electrons. The molecule has 0 saturated heterocycles. The number of hydrogen-bond donors (Lipinski definition) is 1. The second-order valence-corrected chi connectivity index (χ2v) is 7.06. The number of nitrogens with one attached hydrogen (secondary N) is 1. The summed E-state index contributed by atoms with van der Waals surface area (Å²) in [6, 6.07) is 13.0. The molecule has 0 saturated carbocycles. The maximum Gasteiger partial charge on any atom is 0.283 e. The van der Waals surface area contributed by atoms with Crippen LogP contribution in [0.15, 0.2) is 59.7 Å². The van der Waals surface area contributed by atoms with Crippen molar-refractivity contribution in [2.45, 2.75) is 19.6 Å². The van der Waals surface area contributed by atoms with Crippen molar-refractivity contribution in [3.05, 3.63) is 87.2 Å². The number of fused-ring (bicyclic) bond motifs is 1. The molecule has 0 atom stereocenters. The van der Waals surface area contributed by atoms with Crippen LogP contribution in [0.1, 0.15) is 11.1 Å². The Bertz CT molecular complexity index is 1250. The number of aromatic nitrogens is 5. The van der Waals surface area contributed by atoms with E-state index in [1.54, 1.807) is 24.3 Å². The normalized spacial score (nSPS) is 11.0. The first kappa shape index (κ1) is 19.7. The standard InChI is InChI=1S/C20H16ClFN6O2/c21-15-5-1-14(2-6-15)10-28-19-18(25-26-28)20(30)27(12-24-19)11-17(29)23-9-13-3-7-16(22)8-4-13/h1-8,12H,9-11H2,(H,23,29). The van der Waals surface area contributed by atoms with Gasteiger partial charge in [0.2, 0.25) is 5.91 Å². The molecule has 8 nitrogen and oxygen atoms in total. The van der Waals surface area contributed by atoms with Gasteiger partial charge in [0.1, 0.15) is 18.7 Å². The van der Waals surface area contributed by atoms with Gasteiger partial charge in [0, 0.05) is 11.6 Å². The lowest BCUT2D eigenvalue weighted by atomic mass is 10.2. The van der Waals surface area contributed by atoms with Crippen molar-refractivity contribution in [3.8, 4) is 0 Å². The first-order valence-electron chi connectivity index (χ1n) is 9.04. The van der Waals surface area contributed by atoms with E-state index in [4.69, 9.17) is 11.6 Å². The maximum absolute atomic E-state index is 12.9. The topological polar surface area (TPSA) is 94.7 Å². The molecule has 1 N–H and O–H groups in total. The molecule has 4 rings (SSSR count). The molecule has 2 aromatic heterocycles. The maximum atomic E-state index is 12.9. The summed E-state index contributed by atoms with van der Waals surface area (Å²) in [6.07, 6.45) is 1.30. The highest BCUT2D eigenvalue weighted by atomic mass is 35.5. The summed E-state index contributed by atoms with van der Waals surface area (Å²) in [5, 5.41) is 11.2. The Kier molecular flexibility index (Phi) is 5.53. The Balaban J connectivity index is 1.46. The third-order valence-electron chi connectivity index (χ3n) is 4.45. The number of rotatable bonds is 6. The van der Waals surface area contributed by atoms with Gasteiger partial charge in [0.25, 0.3) is 5.56 Å². The van der Waals surface area contributed by atoms with Crippen molar-refractivity contribution in [1.29, 1.82) is 0 Å². The van der Waals surface area contributed by atoms with Crippen LogP contribution in [0.3, 0.4) is 0 Å². The van der Waals surface area contributed by atoms with Crippen LogP contribution in [0, 0.1) is 5.82 Å². The Morgan fingerprint density at radius 2 is 1.77 bits per heavy atom. The fraction of sp³-hybridized carbons (Fsp3) is 0.150. The van der Waals surface area contributed by atoms with Gasteiger partial charge < -0.3 is 5.32 Å². The summed E-state index contributed by atoms with van der Waals surface area (Å²) in [5.41, 5.74) is 1.63. The largest absolute Gasteiger partial charge is 0.350 e. The molecule has 0 unspecified atom stereocenters. The molecular weight excluding hydrogens is 411 g/mol. The Hall–Kier alpha value is -3.59. The molecule has 0 aliphatic carbocycles. The highest BCUT2D eigenvalue weighted by Crippen LogP contribution is 2.12. The van der Waals surface area contributed by atoms with Crippen LogP contribution in [0.5, 0.6) is 0 Å². The van der Waals surface area contributed by atoms with Crippen LogP contribution in [0.2, 0.25) is 5.02 Å². The highest BCUT2D eigenvalue weighted by Gasteiger charge is 2.14. The van der Waals surface area contributed by atoms with Gasteiger partial charge in [-0.05, 0) is 35.4 Å². The molecule has 0 aliphatic rings. The van der Waals surface area contributed by atoms with E-state index in [1.165, 1.54) is 27.7 Å². The minimum absolute atomic E-state index is 0.0813. The van der Waals surface area contributed by atoms with Crippen molar-refractivity contribution in [2.24, 2.45) is 0 Å². The highest BCUT2D eigenvalue weighted by molar-refractivity contribution is 6.30. The molecular formula is C20H16ClFN6O2. The van der Waals surface area contributed by atoms with Crippen LogP contribution < -0.4 is 10.9 Å². The molecule has 2 heterocycles. The number of halogens is 2. The lowest BCUT2D eigenvalue weighted by molar-refractivity contribution is -0.121. The number of carbonyl (C=O) groups is 1. The Morgan fingerprint density at radius 1 is 1.07 bits per heavy atom. The SMILES string of the molecule is O=C(Cn1cnc2c(nnn2Cc2ccc(Cl)cc2)c1=O)NCc1ccc(F)cc1. The number of carbonyl (C=O) groups excluding carboxylic acids is 1. The zero-order chi connectivity index (χ0) is 21.1. The van der Waals surface area contributed by atoms with E-state index in [9.17, 15) is 14.0 Å². The first-order valence-corrected chi connectivity index (χ1v) is 9.41. The predicted molar refractivity (Wildman–Crippen MR) is 108 cm³/mol. The van der Waals surface area contributed by atoms with Gasteiger partial charge in [-0.2, -0.15) is 0 Å². The fourth-order valence-corrected chi connectivity index (χ4v) is 3.01. The van der Waals surface area contributed by atoms with Crippen molar-refractivity contribution in [1.82, 2.24) is 29.9 Å². The van der Waals surface area contributed by atoms with Crippen molar-refractivity contribution < 1.29 is 9.18 Å². The molecule has 30 heavy (non-hydrogen) atoms. The van der Waals surface area contributed by atoms with Crippen molar-refractivity contribution in [3.63, 3.8) is 0 Å². The van der Waals surface area contributed by atoms with Gasteiger partial charge in [0.15, 0.2) is 11.2 Å². The minimum atomic E-state index is -0.459. The second kappa shape index (κ2) is 8.42. The van der Waals surface area contributed by atoms with Crippen LogP contribution in [0.4, 0.5) is 4.39 Å². The van der Waals surface area contributed by atoms with E-state index < -0.39 is 5.56 Å². The summed E-state index contributed by atoms with van der Waals surface area (Å²) >= 11 is 5.89. The monoisotopic (exact) mass is 426 g/mol. The second-order valence-electron chi connectivity index (χ2n) is 6.63. The molecule has 0 spiro atoms. The first-order chi connectivity index (χ1) is 14.5. The van der Waals surface area contributed by atoms with E-state index in [-0.39, 0.29) is 30.3 Å². The molecule has 0 aliphatic heterocycles. The van der Waals surface area contributed by atoms with Gasteiger partial charge in [-0.15, -0.1) is 5.10 Å². The van der Waals surface area contributed by atoms with E-state index in [0.717, 1.165) is 11.1 Å². The van der Waals surface area contributed by atoms with Crippen LogP contribution in [-0.4, -0.2) is 30.5 Å². The molecule has 1 amide bonds. The number of nitrogens with zero attached hydrogens (tertiary/aromatic N) is 5. The summed E-state index contributed by atoms with van der Waals surface area (Å²) in [4.78, 5) is 29.1. The average Bonchev–Trinajstić information content (AvgIpc) is 3.15. The zero-order valence-electron chi connectivity index (χ0n) is 15.6. The number of benzene rings is 2. The number of amides is 1. The third-order valence-corrected chi connectivity index (χ3v) is 4.71. The number of hydrogen-bond acceptors (Lipinski definition) is 5. The van der Waals surface area contributed by atoms with E-state index in [2.05, 4.69) is 20.6 Å². The summed E-state index contributed by atoms with van der Waals surface area (Å²) in [6.45, 7) is 0.385. The van der Waals surface area contributed by atoms with Gasteiger partial charge in [-0.3, -0.25) is 14.2 Å². The molecule has 4 aromatic rings. The lowest BCUT2D eigenvalue weighted by Crippen LogP contribution is -2.32. The molecule has 2 aromatic carbocycles. The van der Waals surface area contributed by atoms with E-state index >= 15 is 0 Å². The quantitative estimate of drug-likeness (QED) is 0.509. The Labute approximate surface area is 174 Å². The summed E-state index contributed by atoms with van der Waals surface area (Å²) in [5.74, 6) is -0.726. The lowest BCUT2D eigenvalue weighted by Gasteiger charge is -2.07. The molecule has 10 heteroatoms. The molecule has 152 valence electrons. The molecule has 0 fully saturated rings. The van der Waals surface area contributed by atoms with Crippen molar-refractivity contribution >= 4 is 28.7 Å². The van der Waals surface area contributed by atoms with Gasteiger partial charge in [-0.25, -0.2) is 14.1 Å². The van der Waals surface area contributed by atoms with Crippen LogP contribution in [-0.2, 0) is 24.4 Å². The van der Waals surface area contributed by atoms with Crippen LogP contribution >= 0.6 is 11.6 Å². The Morgan fingerprint density at radius 3 is 2.50 bits per heavy atom. The third kappa shape index (κ3) is 4.36. The zero-order valence-corrected chi connectivity index (χ0v) is 16.4. The van der Waals surface area contributed by atoms with Gasteiger partial charge in [-0.1, -0.05) is 41.1 Å². The predicted octanol–water partition coefficient (Wildman–Crippen LogP) is 2.15. The summed E-state index contributed by atoms with van der Waals surface area (Å²) in [7, 11) is 0. The van der Waals surface area contributed by atoms with Crippen molar-refractivity contribution in [2.75, 3.05) is 0 Å². The minimum Gasteiger partial charge on any atom is -0.350 e. The van der Waals surface area contributed by atoms with Crippen LogP contribution in [0.25, 0.3) is 11.2 Å². The van der Waals surface area contributed by atoms with Gasteiger partial charge >= 0.3 is 0 Å². The van der Waals surface area contributed by atoms with Gasteiger partial charge in [0.05, 0.1) is 6.54 Å². The average molecular weight is 427 g/mol. The molecule has 0 bridgehead atoms. The summed E-state index contributed by atoms with van der Waals surface area (Å²) < 4.78 is 15.6. The van der Waals surface area contributed by atoms with E-state index in [1.807, 2.05) is 12.1 Å².